The van der Waals surface area contributed by atoms with Gasteiger partial charge in [-0.05, 0) is 31.2 Å². The van der Waals surface area contributed by atoms with E-state index in [2.05, 4.69) is 25.9 Å². The van der Waals surface area contributed by atoms with E-state index in [1.165, 1.54) is 11.8 Å². The van der Waals surface area contributed by atoms with Gasteiger partial charge in [-0.3, -0.25) is 9.59 Å². The summed E-state index contributed by atoms with van der Waals surface area (Å²) in [5.74, 6) is 0.0221. The summed E-state index contributed by atoms with van der Waals surface area (Å²) in [6.07, 6.45) is 1.59. The van der Waals surface area contributed by atoms with Gasteiger partial charge in [-0.2, -0.15) is 0 Å². The van der Waals surface area contributed by atoms with Crippen LogP contribution >= 0.6 is 0 Å². The molecule has 4 rings (SSSR count). The first-order chi connectivity index (χ1) is 15.5. The van der Waals surface area contributed by atoms with Gasteiger partial charge in [0.15, 0.2) is 5.78 Å². The Morgan fingerprint density at radius 1 is 1.16 bits per heavy atom. The zero-order chi connectivity index (χ0) is 22.7. The van der Waals surface area contributed by atoms with Crippen LogP contribution in [0.3, 0.4) is 0 Å². The first-order valence-corrected chi connectivity index (χ1v) is 10.3. The first-order valence-electron chi connectivity index (χ1n) is 10.3. The number of aromatic nitrogens is 2. The van der Waals surface area contributed by atoms with E-state index in [4.69, 9.17) is 0 Å². The summed E-state index contributed by atoms with van der Waals surface area (Å²) in [6.45, 7) is 4.00. The van der Waals surface area contributed by atoms with Gasteiger partial charge in [-0.25, -0.2) is 9.78 Å². The number of urea groups is 1. The Balaban J connectivity index is 1.80. The average Bonchev–Trinajstić information content (AvgIpc) is 3.13. The number of nitrogens with one attached hydrogen (secondary N) is 4. The Bertz CT molecular complexity index is 1170. The molecular formula is C23H24N6O3. The summed E-state index contributed by atoms with van der Waals surface area (Å²) in [5.41, 5.74) is 4.06. The lowest BCUT2D eigenvalue weighted by atomic mass is 10.0. The maximum absolute atomic E-state index is 13.1. The maximum atomic E-state index is 13.1. The standard InChI is InChI=1S/C23H24N6O3/c1-3-24-23(32)29-12-17-20(18(31)13-29)22(27-16-7-5-4-6-8-16)21(28-17)15-9-10-25-19(11-15)26-14(2)30/h4-11,27-28H,3,12-13H2,1-2H3,(H,24,32)(H,25,26,30). The molecule has 0 radical (unpaired) electrons. The number of hydrogen-bond donors (Lipinski definition) is 4. The summed E-state index contributed by atoms with van der Waals surface area (Å²) >= 11 is 0. The second kappa shape index (κ2) is 8.93. The van der Waals surface area contributed by atoms with Gasteiger partial charge in [0, 0.05) is 36.6 Å². The van der Waals surface area contributed by atoms with Crippen LogP contribution in [-0.4, -0.2) is 45.7 Å². The Hall–Kier alpha value is -4.14. The van der Waals surface area contributed by atoms with E-state index in [9.17, 15) is 14.4 Å². The lowest BCUT2D eigenvalue weighted by molar-refractivity contribution is -0.114. The van der Waals surface area contributed by atoms with E-state index in [0.29, 0.717) is 35.0 Å². The minimum absolute atomic E-state index is 0.00686. The molecule has 0 unspecified atom stereocenters. The number of amides is 3. The van der Waals surface area contributed by atoms with Crippen LogP contribution in [0.25, 0.3) is 11.3 Å². The molecule has 164 valence electrons. The summed E-state index contributed by atoms with van der Waals surface area (Å²) < 4.78 is 0. The molecule has 0 fully saturated rings. The second-order valence-corrected chi connectivity index (χ2v) is 7.45. The number of nitrogens with zero attached hydrogens (tertiary/aromatic N) is 2. The van der Waals surface area contributed by atoms with E-state index in [1.807, 2.05) is 37.3 Å². The lowest BCUT2D eigenvalue weighted by Gasteiger charge is -2.26. The van der Waals surface area contributed by atoms with Gasteiger partial charge >= 0.3 is 6.03 Å². The van der Waals surface area contributed by atoms with E-state index in [1.54, 1.807) is 18.3 Å². The minimum atomic E-state index is -0.280. The van der Waals surface area contributed by atoms with Crippen LogP contribution in [0.5, 0.6) is 0 Å². The number of benzene rings is 1. The topological polar surface area (TPSA) is 119 Å². The molecule has 0 atom stereocenters. The van der Waals surface area contributed by atoms with Crippen LogP contribution in [0, 0.1) is 0 Å². The highest BCUT2D eigenvalue weighted by atomic mass is 16.2. The molecule has 0 aliphatic carbocycles. The first kappa shape index (κ1) is 21.1. The molecule has 2 aromatic heterocycles. The number of anilines is 3. The molecule has 9 heteroatoms. The van der Waals surface area contributed by atoms with Crippen LogP contribution in [0.2, 0.25) is 0 Å². The minimum Gasteiger partial charge on any atom is -0.355 e. The van der Waals surface area contributed by atoms with Gasteiger partial charge in [0.25, 0.3) is 0 Å². The summed E-state index contributed by atoms with van der Waals surface area (Å²) in [6, 6.07) is 12.8. The number of carbonyl (C=O) groups excluding carboxylic acids is 3. The predicted octanol–water partition coefficient (Wildman–Crippen LogP) is 3.51. The molecule has 0 spiro atoms. The molecule has 3 aromatic rings. The molecule has 1 aliphatic heterocycles. The van der Waals surface area contributed by atoms with Gasteiger partial charge < -0.3 is 25.8 Å². The molecular weight excluding hydrogens is 408 g/mol. The second-order valence-electron chi connectivity index (χ2n) is 7.45. The number of fused-ring (bicyclic) bond motifs is 1. The van der Waals surface area contributed by atoms with Crippen LogP contribution < -0.4 is 16.0 Å². The highest BCUT2D eigenvalue weighted by molar-refractivity contribution is 6.09. The SMILES string of the molecule is CCNC(=O)N1CC(=O)c2c([nH]c(-c3ccnc(NC(C)=O)c3)c2Nc2ccccc2)C1. The zero-order valence-corrected chi connectivity index (χ0v) is 17.9. The van der Waals surface area contributed by atoms with Gasteiger partial charge in [0.2, 0.25) is 5.91 Å². The third-order valence-corrected chi connectivity index (χ3v) is 5.05. The quantitative estimate of drug-likeness (QED) is 0.492. The van der Waals surface area contributed by atoms with Crippen molar-refractivity contribution in [3.05, 3.63) is 59.9 Å². The Morgan fingerprint density at radius 3 is 2.66 bits per heavy atom. The molecule has 3 heterocycles. The fraction of sp³-hybridized carbons (Fsp3) is 0.217. The maximum Gasteiger partial charge on any atom is 0.318 e. The van der Waals surface area contributed by atoms with Crippen molar-refractivity contribution in [3.63, 3.8) is 0 Å². The van der Waals surface area contributed by atoms with Crippen molar-refractivity contribution in [2.45, 2.75) is 20.4 Å². The molecule has 32 heavy (non-hydrogen) atoms. The van der Waals surface area contributed by atoms with Crippen molar-refractivity contribution in [1.82, 2.24) is 20.2 Å². The molecule has 0 saturated heterocycles. The Morgan fingerprint density at radius 2 is 1.94 bits per heavy atom. The molecule has 0 saturated carbocycles. The van der Waals surface area contributed by atoms with Crippen LogP contribution in [0.15, 0.2) is 48.7 Å². The van der Waals surface area contributed by atoms with Crippen molar-refractivity contribution in [3.8, 4) is 11.3 Å². The van der Waals surface area contributed by atoms with Crippen molar-refractivity contribution in [2.24, 2.45) is 0 Å². The van der Waals surface area contributed by atoms with Crippen molar-refractivity contribution in [1.29, 1.82) is 0 Å². The van der Waals surface area contributed by atoms with Crippen LogP contribution in [0.4, 0.5) is 22.0 Å². The van der Waals surface area contributed by atoms with Gasteiger partial charge in [-0.15, -0.1) is 0 Å². The summed E-state index contributed by atoms with van der Waals surface area (Å²) in [7, 11) is 0. The molecule has 3 amide bonds. The van der Waals surface area contributed by atoms with E-state index >= 15 is 0 Å². The molecule has 1 aromatic carbocycles. The molecule has 4 N–H and O–H groups in total. The van der Waals surface area contributed by atoms with E-state index in [0.717, 1.165) is 11.3 Å². The normalized spacial score (nSPS) is 12.8. The summed E-state index contributed by atoms with van der Waals surface area (Å²) in [5, 5.41) is 8.78. The molecule has 9 nitrogen and oxygen atoms in total. The number of pyridine rings is 1. The highest BCUT2D eigenvalue weighted by Crippen LogP contribution is 2.38. The Kier molecular flexibility index (Phi) is 5.89. The fourth-order valence-electron chi connectivity index (χ4n) is 3.73. The predicted molar refractivity (Wildman–Crippen MR) is 122 cm³/mol. The number of hydrogen-bond acceptors (Lipinski definition) is 5. The number of H-pyrrole nitrogens is 1. The third-order valence-electron chi connectivity index (χ3n) is 5.05. The summed E-state index contributed by atoms with van der Waals surface area (Å²) in [4.78, 5) is 45.9. The number of Topliss-reactive ketones (excluding diaryl/α,β-unsaturated/α-hetero) is 1. The third kappa shape index (κ3) is 4.31. The number of para-hydroxylation sites is 1. The van der Waals surface area contributed by atoms with Crippen LogP contribution in [0.1, 0.15) is 29.9 Å². The number of rotatable bonds is 5. The smallest absolute Gasteiger partial charge is 0.318 e. The number of carbonyl (C=O) groups is 3. The van der Waals surface area contributed by atoms with Gasteiger partial charge in [0.1, 0.15) is 5.82 Å². The van der Waals surface area contributed by atoms with E-state index in [-0.39, 0.29) is 30.8 Å². The molecule has 0 bridgehead atoms. The average molecular weight is 432 g/mol. The van der Waals surface area contributed by atoms with Crippen LogP contribution in [-0.2, 0) is 11.3 Å². The number of aromatic amines is 1. The highest BCUT2D eigenvalue weighted by Gasteiger charge is 2.32. The zero-order valence-electron chi connectivity index (χ0n) is 17.9. The largest absolute Gasteiger partial charge is 0.355 e. The monoisotopic (exact) mass is 432 g/mol. The number of ketones is 1. The van der Waals surface area contributed by atoms with Crippen molar-refractivity contribution in [2.75, 3.05) is 23.7 Å². The Labute approximate surface area is 185 Å². The fourth-order valence-corrected chi connectivity index (χ4v) is 3.73. The van der Waals surface area contributed by atoms with Crippen molar-refractivity contribution < 1.29 is 14.4 Å². The lowest BCUT2D eigenvalue weighted by Crippen LogP contribution is -2.44. The van der Waals surface area contributed by atoms with Gasteiger partial charge in [0.05, 0.1) is 30.0 Å². The van der Waals surface area contributed by atoms with Gasteiger partial charge in [-0.1, -0.05) is 18.2 Å². The van der Waals surface area contributed by atoms with E-state index < -0.39 is 0 Å². The van der Waals surface area contributed by atoms with Crippen molar-refractivity contribution >= 4 is 34.9 Å². The molecule has 1 aliphatic rings.